The Hall–Kier alpha value is -6.94. The normalized spacial score (nSPS) is 11.6. The minimum absolute atomic E-state index is 0.922. The van der Waals surface area contributed by atoms with Crippen LogP contribution in [0.25, 0.3) is 86.3 Å². The van der Waals surface area contributed by atoms with Crippen molar-refractivity contribution in [2.75, 3.05) is 4.90 Å². The summed E-state index contributed by atoms with van der Waals surface area (Å²) in [5, 5.41) is 7.32. The van der Waals surface area contributed by atoms with Crippen molar-refractivity contribution < 1.29 is 4.42 Å². The monoisotopic (exact) mass is 719 g/mol. The van der Waals surface area contributed by atoms with Crippen LogP contribution in [0.4, 0.5) is 17.1 Å². The first-order valence-electron chi connectivity index (χ1n) is 18.7. The third-order valence-corrected chi connectivity index (χ3v) is 12.0. The molecule has 0 saturated carbocycles. The lowest BCUT2D eigenvalue weighted by molar-refractivity contribution is 0.669. The maximum atomic E-state index is 6.17. The molecule has 258 valence electrons. The molecule has 0 aliphatic rings. The van der Waals surface area contributed by atoms with Crippen molar-refractivity contribution in [2.45, 2.75) is 0 Å². The second-order valence-electron chi connectivity index (χ2n) is 14.1. The molecule has 0 bridgehead atoms. The highest BCUT2D eigenvalue weighted by Gasteiger charge is 2.16. The van der Waals surface area contributed by atoms with Gasteiger partial charge in [0.25, 0.3) is 0 Å². The van der Waals surface area contributed by atoms with Crippen LogP contribution in [0.15, 0.2) is 205 Å². The van der Waals surface area contributed by atoms with Crippen LogP contribution < -0.4 is 4.90 Å². The Kier molecular flexibility index (Phi) is 7.39. The lowest BCUT2D eigenvalue weighted by Gasteiger charge is -2.26. The van der Waals surface area contributed by atoms with E-state index in [4.69, 9.17) is 4.42 Å². The van der Waals surface area contributed by atoms with E-state index in [-0.39, 0.29) is 0 Å². The molecule has 3 heteroatoms. The minimum Gasteiger partial charge on any atom is -0.456 e. The van der Waals surface area contributed by atoms with Gasteiger partial charge >= 0.3 is 0 Å². The molecule has 11 rings (SSSR count). The van der Waals surface area contributed by atoms with Crippen molar-refractivity contribution in [3.8, 4) is 33.4 Å². The van der Waals surface area contributed by atoms with Gasteiger partial charge in [0.05, 0.1) is 0 Å². The molecule has 2 aromatic heterocycles. The van der Waals surface area contributed by atoms with Gasteiger partial charge in [-0.05, 0) is 117 Å². The van der Waals surface area contributed by atoms with Crippen LogP contribution in [-0.2, 0) is 0 Å². The van der Waals surface area contributed by atoms with Gasteiger partial charge in [-0.1, -0.05) is 127 Å². The van der Waals surface area contributed by atoms with Crippen molar-refractivity contribution in [1.29, 1.82) is 0 Å². The highest BCUT2D eigenvalue weighted by molar-refractivity contribution is 7.25. The number of hydrogen-bond donors (Lipinski definition) is 0. The number of furan rings is 1. The van der Waals surface area contributed by atoms with E-state index in [1.54, 1.807) is 0 Å². The predicted molar refractivity (Wildman–Crippen MR) is 235 cm³/mol. The molecule has 2 nitrogen and oxygen atoms in total. The Balaban J connectivity index is 0.978. The second-order valence-corrected chi connectivity index (χ2v) is 15.2. The van der Waals surface area contributed by atoms with E-state index in [1.165, 1.54) is 64.3 Å². The predicted octanol–water partition coefficient (Wildman–Crippen LogP) is 15.6. The lowest BCUT2D eigenvalue weighted by atomic mass is 9.98. The van der Waals surface area contributed by atoms with Crippen LogP contribution in [0.5, 0.6) is 0 Å². The molecular formula is C52H33NOS. The molecule has 0 spiro atoms. The zero-order chi connectivity index (χ0) is 36.3. The topological polar surface area (TPSA) is 16.4 Å². The molecular weight excluding hydrogens is 687 g/mol. The Morgan fingerprint density at radius 2 is 0.927 bits per heavy atom. The smallest absolute Gasteiger partial charge is 0.136 e. The Labute approximate surface area is 322 Å². The van der Waals surface area contributed by atoms with Crippen molar-refractivity contribution in [2.24, 2.45) is 0 Å². The summed E-state index contributed by atoms with van der Waals surface area (Å²) in [4.78, 5) is 2.35. The van der Waals surface area contributed by atoms with Gasteiger partial charge in [0.1, 0.15) is 11.2 Å². The van der Waals surface area contributed by atoms with E-state index in [9.17, 15) is 0 Å². The molecule has 11 aromatic rings. The Morgan fingerprint density at radius 1 is 0.345 bits per heavy atom. The number of benzene rings is 9. The van der Waals surface area contributed by atoms with E-state index in [0.717, 1.165) is 39.0 Å². The fraction of sp³-hybridized carbons (Fsp3) is 0. The molecule has 0 aliphatic carbocycles. The lowest BCUT2D eigenvalue weighted by Crippen LogP contribution is -2.09. The Bertz CT molecular complexity index is 3170. The highest BCUT2D eigenvalue weighted by Crippen LogP contribution is 2.42. The van der Waals surface area contributed by atoms with Crippen LogP contribution in [0.1, 0.15) is 0 Å². The van der Waals surface area contributed by atoms with Gasteiger partial charge in [0, 0.05) is 48.0 Å². The summed E-state index contributed by atoms with van der Waals surface area (Å²) in [6, 6.07) is 72.3. The van der Waals surface area contributed by atoms with Crippen molar-refractivity contribution >= 4 is 81.3 Å². The van der Waals surface area contributed by atoms with Gasteiger partial charge in [-0.2, -0.15) is 0 Å². The number of anilines is 3. The largest absolute Gasteiger partial charge is 0.456 e. The number of thiophene rings is 1. The van der Waals surface area contributed by atoms with Gasteiger partial charge in [0.15, 0.2) is 0 Å². The summed E-state index contributed by atoms with van der Waals surface area (Å²) in [6.07, 6.45) is 0. The zero-order valence-electron chi connectivity index (χ0n) is 29.8. The number of para-hydroxylation sites is 1. The maximum Gasteiger partial charge on any atom is 0.136 e. The first-order valence-corrected chi connectivity index (χ1v) is 19.5. The highest BCUT2D eigenvalue weighted by atomic mass is 32.1. The summed E-state index contributed by atoms with van der Waals surface area (Å²) in [7, 11) is 0. The summed E-state index contributed by atoms with van der Waals surface area (Å²) in [5.74, 6) is 0. The average molecular weight is 720 g/mol. The molecule has 0 unspecified atom stereocenters. The van der Waals surface area contributed by atoms with Crippen LogP contribution in [0, 0.1) is 0 Å². The summed E-state index contributed by atoms with van der Waals surface area (Å²) in [5.41, 5.74) is 12.4. The van der Waals surface area contributed by atoms with E-state index in [2.05, 4.69) is 193 Å². The Morgan fingerprint density at radius 3 is 1.67 bits per heavy atom. The van der Waals surface area contributed by atoms with Crippen molar-refractivity contribution in [1.82, 2.24) is 0 Å². The quantitative estimate of drug-likeness (QED) is 0.170. The maximum absolute atomic E-state index is 6.17. The number of nitrogens with zero attached hydrogens (tertiary/aromatic N) is 1. The van der Waals surface area contributed by atoms with E-state index in [0.29, 0.717) is 0 Å². The number of fused-ring (bicyclic) bond motifs is 7. The second kappa shape index (κ2) is 12.9. The van der Waals surface area contributed by atoms with E-state index >= 15 is 0 Å². The van der Waals surface area contributed by atoms with E-state index in [1.807, 2.05) is 23.5 Å². The molecule has 0 atom stereocenters. The zero-order valence-corrected chi connectivity index (χ0v) is 30.6. The van der Waals surface area contributed by atoms with Crippen LogP contribution in [0.3, 0.4) is 0 Å². The fourth-order valence-electron chi connectivity index (χ4n) is 8.14. The molecule has 0 aliphatic heterocycles. The molecule has 0 radical (unpaired) electrons. The molecule has 0 amide bonds. The number of rotatable bonds is 6. The van der Waals surface area contributed by atoms with E-state index < -0.39 is 0 Å². The molecule has 9 aromatic carbocycles. The van der Waals surface area contributed by atoms with Gasteiger partial charge in [-0.15, -0.1) is 11.3 Å². The summed E-state index contributed by atoms with van der Waals surface area (Å²) < 4.78 is 8.81. The fourth-order valence-corrected chi connectivity index (χ4v) is 9.27. The molecule has 2 heterocycles. The standard InChI is InChI=1S/C52H33NOS/c1-2-9-34(10-3-1)35-19-25-41(26-20-35)53(43-29-23-37(24-30-43)44-13-8-16-51-52(44)46-12-5-7-15-50(46)55-51)42-27-21-36(22-28-42)38-17-18-39-33-49-47(32-40(39)31-38)45-11-4-6-14-48(45)54-49/h1-33H. The SMILES string of the molecule is c1ccc(-c2ccc(N(c3ccc(-c4ccc5cc6oc7ccccc7c6cc5c4)cc3)c3ccc(-c4cccc5sc6ccccc6c45)cc3)cc2)cc1. The van der Waals surface area contributed by atoms with Crippen LogP contribution in [0.2, 0.25) is 0 Å². The first kappa shape index (κ1) is 31.6. The molecule has 0 N–H and O–H groups in total. The van der Waals surface area contributed by atoms with Crippen LogP contribution >= 0.6 is 11.3 Å². The van der Waals surface area contributed by atoms with Crippen LogP contribution in [-0.4, -0.2) is 0 Å². The summed E-state index contributed by atoms with van der Waals surface area (Å²) in [6.45, 7) is 0. The van der Waals surface area contributed by atoms with Gasteiger partial charge in [-0.3, -0.25) is 0 Å². The average Bonchev–Trinajstić information content (AvgIpc) is 3.82. The van der Waals surface area contributed by atoms with Gasteiger partial charge < -0.3 is 9.32 Å². The van der Waals surface area contributed by atoms with Crippen molar-refractivity contribution in [3.63, 3.8) is 0 Å². The van der Waals surface area contributed by atoms with Gasteiger partial charge in [0.2, 0.25) is 0 Å². The third-order valence-electron chi connectivity index (χ3n) is 10.9. The molecule has 55 heavy (non-hydrogen) atoms. The minimum atomic E-state index is 0.922. The number of hydrogen-bond acceptors (Lipinski definition) is 3. The molecule has 0 saturated heterocycles. The molecule has 0 fully saturated rings. The third kappa shape index (κ3) is 5.48. The first-order chi connectivity index (χ1) is 27.2. The van der Waals surface area contributed by atoms with Gasteiger partial charge in [-0.25, -0.2) is 0 Å². The van der Waals surface area contributed by atoms with Crippen molar-refractivity contribution in [3.05, 3.63) is 200 Å². The summed E-state index contributed by atoms with van der Waals surface area (Å²) >= 11 is 1.86.